The van der Waals surface area contributed by atoms with Crippen LogP contribution in [0.4, 0.5) is 0 Å². The maximum atomic E-state index is 13.0. The number of hydrogen-bond acceptors (Lipinski definition) is 4. The van der Waals surface area contributed by atoms with Crippen LogP contribution in [0.1, 0.15) is 55.6 Å². The van der Waals surface area contributed by atoms with Crippen LogP contribution in [0, 0.1) is 0 Å². The Bertz CT molecular complexity index is 1020. The molecule has 0 unspecified atom stereocenters. The van der Waals surface area contributed by atoms with Gasteiger partial charge in [0.25, 0.3) is 0 Å². The molecule has 4 rings (SSSR count). The zero-order chi connectivity index (χ0) is 25.5. The number of halogens is 3. The van der Waals surface area contributed by atoms with Gasteiger partial charge in [-0.05, 0) is 92.9 Å². The zero-order valence-electron chi connectivity index (χ0n) is 20.7. The predicted molar refractivity (Wildman–Crippen MR) is 149 cm³/mol. The summed E-state index contributed by atoms with van der Waals surface area (Å²) in [5.74, 6) is 1.16. The molecule has 2 aromatic rings. The molecular formula is C28H36Cl3N3O2. The van der Waals surface area contributed by atoms with E-state index in [1.165, 1.54) is 37.9 Å². The third-order valence-electron chi connectivity index (χ3n) is 7.32. The van der Waals surface area contributed by atoms with E-state index in [1.54, 1.807) is 12.1 Å². The number of piperidine rings is 2. The van der Waals surface area contributed by atoms with Gasteiger partial charge in [0.2, 0.25) is 5.91 Å². The van der Waals surface area contributed by atoms with Crippen molar-refractivity contribution in [3.05, 3.63) is 62.6 Å². The first-order chi connectivity index (χ1) is 17.4. The second kappa shape index (κ2) is 13.3. The van der Waals surface area contributed by atoms with Gasteiger partial charge in [-0.1, -0.05) is 53.4 Å². The first-order valence-electron chi connectivity index (χ1n) is 13.0. The molecule has 2 N–H and O–H groups in total. The van der Waals surface area contributed by atoms with Crippen molar-refractivity contribution in [3.63, 3.8) is 0 Å². The maximum Gasteiger partial charge on any atom is 0.239 e. The van der Waals surface area contributed by atoms with Gasteiger partial charge in [0.1, 0.15) is 5.75 Å². The maximum absolute atomic E-state index is 13.0. The van der Waals surface area contributed by atoms with Gasteiger partial charge >= 0.3 is 0 Å². The second-order valence-electron chi connectivity index (χ2n) is 9.93. The quantitative estimate of drug-likeness (QED) is 0.378. The Morgan fingerprint density at radius 3 is 2.39 bits per heavy atom. The van der Waals surface area contributed by atoms with E-state index in [1.807, 2.05) is 23.1 Å². The number of benzene rings is 2. The molecule has 2 fully saturated rings. The minimum absolute atomic E-state index is 0.0373. The Morgan fingerprint density at radius 1 is 0.972 bits per heavy atom. The van der Waals surface area contributed by atoms with Crippen molar-refractivity contribution in [2.24, 2.45) is 5.73 Å². The monoisotopic (exact) mass is 551 g/mol. The summed E-state index contributed by atoms with van der Waals surface area (Å²) in [6.07, 6.45) is 7.10. The van der Waals surface area contributed by atoms with Crippen LogP contribution in [0.2, 0.25) is 15.1 Å². The lowest BCUT2D eigenvalue weighted by atomic mass is 9.88. The Balaban J connectivity index is 1.29. The van der Waals surface area contributed by atoms with Gasteiger partial charge in [-0.3, -0.25) is 4.79 Å². The molecule has 36 heavy (non-hydrogen) atoms. The van der Waals surface area contributed by atoms with E-state index in [4.69, 9.17) is 45.3 Å². The molecule has 0 spiro atoms. The van der Waals surface area contributed by atoms with Crippen LogP contribution in [0.15, 0.2) is 36.4 Å². The molecule has 1 atom stereocenters. The number of hydrogen-bond donors (Lipinski definition) is 1. The van der Waals surface area contributed by atoms with Crippen molar-refractivity contribution in [1.29, 1.82) is 0 Å². The smallest absolute Gasteiger partial charge is 0.239 e. The van der Waals surface area contributed by atoms with Gasteiger partial charge in [0.15, 0.2) is 0 Å². The molecule has 8 heteroatoms. The lowest BCUT2D eigenvalue weighted by Crippen LogP contribution is -2.47. The van der Waals surface area contributed by atoms with E-state index in [-0.39, 0.29) is 5.91 Å². The first-order valence-corrected chi connectivity index (χ1v) is 14.2. The van der Waals surface area contributed by atoms with Crippen LogP contribution in [-0.4, -0.2) is 61.1 Å². The van der Waals surface area contributed by atoms with Gasteiger partial charge in [0, 0.05) is 34.7 Å². The molecule has 0 aromatic heterocycles. The summed E-state index contributed by atoms with van der Waals surface area (Å²) in [4.78, 5) is 17.4. The number of nitrogens with zero attached hydrogens (tertiary/aromatic N) is 2. The van der Waals surface area contributed by atoms with Gasteiger partial charge < -0.3 is 20.3 Å². The van der Waals surface area contributed by atoms with Crippen molar-refractivity contribution in [1.82, 2.24) is 9.80 Å². The fraction of sp³-hybridized carbons (Fsp3) is 0.536. The summed E-state index contributed by atoms with van der Waals surface area (Å²) >= 11 is 18.6. The minimum atomic E-state index is -0.630. The average molecular weight is 553 g/mol. The molecular weight excluding hydrogens is 517 g/mol. The summed E-state index contributed by atoms with van der Waals surface area (Å²) in [6.45, 7) is 5.51. The van der Waals surface area contributed by atoms with Gasteiger partial charge in [-0.25, -0.2) is 0 Å². The van der Waals surface area contributed by atoms with E-state index < -0.39 is 6.04 Å². The summed E-state index contributed by atoms with van der Waals surface area (Å²) in [5.41, 5.74) is 8.29. The standard InChI is InChI=1S/C28H36Cl3N3O2/c29-22-6-5-21(25(31)18-22)17-26(32)28(35)34-14-9-20(10-15-34)24-8-7-23(30)19-27(24)36-16-4-13-33-11-2-1-3-12-33/h5-8,18-20,26H,1-4,9-17,32H2/t26-/m1/s1. The summed E-state index contributed by atoms with van der Waals surface area (Å²) in [6, 6.07) is 10.6. The highest BCUT2D eigenvalue weighted by Crippen LogP contribution is 2.36. The summed E-state index contributed by atoms with van der Waals surface area (Å²) < 4.78 is 6.23. The molecule has 2 saturated heterocycles. The topological polar surface area (TPSA) is 58.8 Å². The molecule has 5 nitrogen and oxygen atoms in total. The number of amides is 1. The third-order valence-corrected chi connectivity index (χ3v) is 8.14. The van der Waals surface area contributed by atoms with E-state index in [9.17, 15) is 4.79 Å². The number of likely N-dealkylation sites (tertiary alicyclic amines) is 2. The van der Waals surface area contributed by atoms with Gasteiger partial charge in [-0.15, -0.1) is 0 Å². The molecule has 0 radical (unpaired) electrons. The molecule has 1 amide bonds. The molecule has 0 saturated carbocycles. The highest BCUT2D eigenvalue weighted by molar-refractivity contribution is 6.35. The van der Waals surface area contributed by atoms with Crippen molar-refractivity contribution in [2.45, 2.75) is 56.9 Å². The first kappa shape index (κ1) is 27.5. The molecule has 0 bridgehead atoms. The molecule has 2 heterocycles. The third kappa shape index (κ3) is 7.52. The minimum Gasteiger partial charge on any atom is -0.493 e. The molecule has 0 aliphatic carbocycles. The van der Waals surface area contributed by atoms with Crippen molar-refractivity contribution in [2.75, 3.05) is 39.3 Å². The summed E-state index contributed by atoms with van der Waals surface area (Å²) in [5, 5.41) is 1.79. The molecule has 2 aromatic carbocycles. The lowest BCUT2D eigenvalue weighted by molar-refractivity contribution is -0.133. The van der Waals surface area contributed by atoms with E-state index in [2.05, 4.69) is 11.0 Å². The SMILES string of the molecule is N[C@H](Cc1ccc(Cl)cc1Cl)C(=O)N1CCC(c2ccc(Cl)cc2OCCCN2CCCCC2)CC1. The van der Waals surface area contributed by atoms with Crippen molar-refractivity contribution >= 4 is 40.7 Å². The van der Waals surface area contributed by atoms with Crippen LogP contribution < -0.4 is 10.5 Å². The van der Waals surface area contributed by atoms with Gasteiger partial charge in [0.05, 0.1) is 12.6 Å². The number of carbonyl (C=O) groups is 1. The highest BCUT2D eigenvalue weighted by Gasteiger charge is 2.29. The molecule has 2 aliphatic heterocycles. The largest absolute Gasteiger partial charge is 0.493 e. The number of nitrogens with two attached hydrogens (primary N) is 1. The van der Waals surface area contributed by atoms with E-state index >= 15 is 0 Å². The van der Waals surface area contributed by atoms with E-state index in [0.717, 1.165) is 37.1 Å². The van der Waals surface area contributed by atoms with Crippen molar-refractivity contribution in [3.8, 4) is 5.75 Å². The second-order valence-corrected chi connectivity index (χ2v) is 11.2. The zero-order valence-corrected chi connectivity index (χ0v) is 23.0. The van der Waals surface area contributed by atoms with Crippen LogP contribution in [0.3, 0.4) is 0 Å². The average Bonchev–Trinajstić information content (AvgIpc) is 2.88. The Kier molecular flexibility index (Phi) is 10.2. The Labute approximate surface area is 229 Å². The molecule has 2 aliphatic rings. The Morgan fingerprint density at radius 2 is 1.67 bits per heavy atom. The number of carbonyl (C=O) groups excluding carboxylic acids is 1. The van der Waals surface area contributed by atoms with Gasteiger partial charge in [-0.2, -0.15) is 0 Å². The molecule has 196 valence electrons. The van der Waals surface area contributed by atoms with Crippen LogP contribution in [0.5, 0.6) is 5.75 Å². The van der Waals surface area contributed by atoms with Crippen LogP contribution >= 0.6 is 34.8 Å². The van der Waals surface area contributed by atoms with E-state index in [0.29, 0.717) is 47.1 Å². The fourth-order valence-electron chi connectivity index (χ4n) is 5.28. The fourth-order valence-corrected chi connectivity index (χ4v) is 5.93. The highest BCUT2D eigenvalue weighted by atomic mass is 35.5. The van der Waals surface area contributed by atoms with Crippen LogP contribution in [-0.2, 0) is 11.2 Å². The predicted octanol–water partition coefficient (Wildman–Crippen LogP) is 6.18. The summed E-state index contributed by atoms with van der Waals surface area (Å²) in [7, 11) is 0. The van der Waals surface area contributed by atoms with Crippen LogP contribution in [0.25, 0.3) is 0 Å². The lowest BCUT2D eigenvalue weighted by Gasteiger charge is -2.34. The Hall–Kier alpha value is -1.50. The number of ether oxygens (including phenoxy) is 1. The normalized spacial score (nSPS) is 18.3. The van der Waals surface area contributed by atoms with Crippen molar-refractivity contribution < 1.29 is 9.53 Å². The number of rotatable bonds is 9.